The lowest BCUT2D eigenvalue weighted by atomic mass is 10.2. The Kier molecular flexibility index (Phi) is 4.50. The minimum atomic E-state index is -0.442. The highest BCUT2D eigenvalue weighted by atomic mass is 16.5. The third-order valence-electron chi connectivity index (χ3n) is 2.68. The first kappa shape index (κ1) is 13.1. The van der Waals surface area contributed by atoms with Gasteiger partial charge in [0.05, 0.1) is 13.7 Å². The summed E-state index contributed by atoms with van der Waals surface area (Å²) in [5, 5.41) is 0. The first-order valence-electron chi connectivity index (χ1n) is 6.00. The molecule has 0 saturated carbocycles. The van der Waals surface area contributed by atoms with Crippen LogP contribution >= 0.6 is 0 Å². The van der Waals surface area contributed by atoms with Gasteiger partial charge < -0.3 is 9.47 Å². The predicted molar refractivity (Wildman–Crippen MR) is 71.2 cm³/mol. The molecule has 1 aromatic carbocycles. The van der Waals surface area contributed by atoms with E-state index in [1.54, 1.807) is 12.3 Å². The van der Waals surface area contributed by atoms with Gasteiger partial charge in [-0.05, 0) is 11.6 Å². The minimum Gasteiger partial charge on any atom is -0.492 e. The number of aromatic nitrogens is 1. The highest BCUT2D eigenvalue weighted by molar-refractivity contribution is 5.91. The molecule has 0 aliphatic carbocycles. The minimum absolute atomic E-state index is 0.345. The number of hydrogen-bond donors (Lipinski definition) is 0. The highest BCUT2D eigenvalue weighted by Gasteiger charge is 2.12. The average molecular weight is 257 g/mol. The Morgan fingerprint density at radius 2 is 2.00 bits per heavy atom. The van der Waals surface area contributed by atoms with Gasteiger partial charge in [0.2, 0.25) is 0 Å². The van der Waals surface area contributed by atoms with E-state index >= 15 is 0 Å². The molecule has 0 radical (unpaired) electrons. The molecule has 1 heterocycles. The first-order chi connectivity index (χ1) is 9.31. The van der Waals surface area contributed by atoms with E-state index in [1.807, 2.05) is 30.3 Å². The Balaban J connectivity index is 1.98. The molecule has 0 aliphatic heterocycles. The monoisotopic (exact) mass is 257 g/mol. The van der Waals surface area contributed by atoms with E-state index in [0.29, 0.717) is 17.9 Å². The zero-order valence-electron chi connectivity index (χ0n) is 10.7. The molecule has 0 spiro atoms. The maximum Gasteiger partial charge on any atom is 0.343 e. The van der Waals surface area contributed by atoms with E-state index in [4.69, 9.17) is 4.74 Å². The predicted octanol–water partition coefficient (Wildman–Crippen LogP) is 2.49. The van der Waals surface area contributed by atoms with Crippen LogP contribution in [0.4, 0.5) is 0 Å². The third kappa shape index (κ3) is 3.55. The quantitative estimate of drug-likeness (QED) is 0.772. The number of ether oxygens (including phenoxy) is 2. The summed E-state index contributed by atoms with van der Waals surface area (Å²) in [6, 6.07) is 11.7. The summed E-state index contributed by atoms with van der Waals surface area (Å²) < 4.78 is 10.3. The second-order valence-corrected chi connectivity index (χ2v) is 3.95. The molecule has 0 aliphatic rings. The molecule has 98 valence electrons. The van der Waals surface area contributed by atoms with Crippen molar-refractivity contribution in [3.05, 3.63) is 59.9 Å². The molecule has 0 N–H and O–H groups in total. The van der Waals surface area contributed by atoms with Crippen LogP contribution < -0.4 is 4.74 Å². The highest BCUT2D eigenvalue weighted by Crippen LogP contribution is 2.17. The molecule has 0 atom stereocenters. The van der Waals surface area contributed by atoms with Crippen molar-refractivity contribution in [2.45, 2.75) is 6.42 Å². The van der Waals surface area contributed by atoms with Gasteiger partial charge in [0.25, 0.3) is 0 Å². The van der Waals surface area contributed by atoms with Crippen molar-refractivity contribution >= 4 is 5.97 Å². The summed E-state index contributed by atoms with van der Waals surface area (Å²) >= 11 is 0. The number of benzene rings is 1. The summed E-state index contributed by atoms with van der Waals surface area (Å²) in [7, 11) is 1.34. The van der Waals surface area contributed by atoms with E-state index in [2.05, 4.69) is 9.72 Å². The van der Waals surface area contributed by atoms with Gasteiger partial charge in [0, 0.05) is 18.8 Å². The number of esters is 1. The fourth-order valence-electron chi connectivity index (χ4n) is 1.69. The van der Waals surface area contributed by atoms with Crippen molar-refractivity contribution in [3.63, 3.8) is 0 Å². The summed E-state index contributed by atoms with van der Waals surface area (Å²) in [5.74, 6) is 0.0561. The lowest BCUT2D eigenvalue weighted by Crippen LogP contribution is -2.08. The summed E-state index contributed by atoms with van der Waals surface area (Å²) in [5.41, 5.74) is 1.54. The van der Waals surface area contributed by atoms with Crippen LogP contribution in [-0.4, -0.2) is 24.7 Å². The Hall–Kier alpha value is -2.36. The van der Waals surface area contributed by atoms with E-state index in [9.17, 15) is 4.79 Å². The van der Waals surface area contributed by atoms with Crippen LogP contribution in [0.25, 0.3) is 0 Å². The van der Waals surface area contributed by atoms with Gasteiger partial charge in [-0.3, -0.25) is 4.98 Å². The number of methoxy groups -OCH3 is 1. The van der Waals surface area contributed by atoms with Crippen LogP contribution in [0.3, 0.4) is 0 Å². The second-order valence-electron chi connectivity index (χ2n) is 3.95. The lowest BCUT2D eigenvalue weighted by Gasteiger charge is -2.09. The van der Waals surface area contributed by atoms with Crippen LogP contribution in [0.2, 0.25) is 0 Å². The van der Waals surface area contributed by atoms with Gasteiger partial charge in [-0.25, -0.2) is 4.79 Å². The Morgan fingerprint density at radius 3 is 2.74 bits per heavy atom. The fourth-order valence-corrected chi connectivity index (χ4v) is 1.69. The Morgan fingerprint density at radius 1 is 1.21 bits per heavy atom. The number of carbonyl (C=O) groups is 1. The zero-order valence-corrected chi connectivity index (χ0v) is 10.7. The molecule has 0 saturated heterocycles. The maximum absolute atomic E-state index is 11.5. The molecule has 4 heteroatoms. The molecule has 0 unspecified atom stereocenters. The first-order valence-corrected chi connectivity index (χ1v) is 6.00. The molecule has 0 fully saturated rings. The standard InChI is InChI=1S/C15H15NO3/c1-18-15(17)13-11-16-9-7-14(13)19-10-8-12-5-3-2-4-6-12/h2-7,9,11H,8,10H2,1H3. The third-order valence-corrected chi connectivity index (χ3v) is 2.68. The molecule has 1 aromatic heterocycles. The Bertz CT molecular complexity index is 540. The van der Waals surface area contributed by atoms with Crippen LogP contribution in [0.5, 0.6) is 5.75 Å². The van der Waals surface area contributed by atoms with Crippen LogP contribution in [0.15, 0.2) is 48.8 Å². The molecule has 0 bridgehead atoms. The van der Waals surface area contributed by atoms with Gasteiger partial charge in [-0.2, -0.15) is 0 Å². The van der Waals surface area contributed by atoms with Crippen LogP contribution in [0, 0.1) is 0 Å². The lowest BCUT2D eigenvalue weighted by molar-refractivity contribution is 0.0595. The van der Waals surface area contributed by atoms with E-state index in [-0.39, 0.29) is 0 Å². The molecule has 2 aromatic rings. The number of pyridine rings is 1. The Labute approximate surface area is 112 Å². The van der Waals surface area contributed by atoms with Crippen LogP contribution in [-0.2, 0) is 11.2 Å². The summed E-state index contributed by atoms with van der Waals surface area (Å²) in [4.78, 5) is 15.4. The maximum atomic E-state index is 11.5. The smallest absolute Gasteiger partial charge is 0.343 e. The number of hydrogen-bond acceptors (Lipinski definition) is 4. The van der Waals surface area contributed by atoms with Gasteiger partial charge in [-0.15, -0.1) is 0 Å². The van der Waals surface area contributed by atoms with E-state index in [1.165, 1.54) is 18.9 Å². The van der Waals surface area contributed by atoms with Crippen molar-refractivity contribution in [3.8, 4) is 5.75 Å². The molecule has 4 nitrogen and oxygen atoms in total. The SMILES string of the molecule is COC(=O)c1cnccc1OCCc1ccccc1. The van der Waals surface area contributed by atoms with Crippen molar-refractivity contribution in [1.82, 2.24) is 4.98 Å². The number of rotatable bonds is 5. The molecule has 19 heavy (non-hydrogen) atoms. The fraction of sp³-hybridized carbons (Fsp3) is 0.200. The largest absolute Gasteiger partial charge is 0.492 e. The second kappa shape index (κ2) is 6.54. The molecule has 2 rings (SSSR count). The van der Waals surface area contributed by atoms with E-state index < -0.39 is 5.97 Å². The van der Waals surface area contributed by atoms with Gasteiger partial charge in [0.1, 0.15) is 11.3 Å². The van der Waals surface area contributed by atoms with Crippen LogP contribution in [0.1, 0.15) is 15.9 Å². The van der Waals surface area contributed by atoms with Crippen molar-refractivity contribution in [2.24, 2.45) is 0 Å². The van der Waals surface area contributed by atoms with Gasteiger partial charge in [0.15, 0.2) is 0 Å². The van der Waals surface area contributed by atoms with E-state index in [0.717, 1.165) is 6.42 Å². The normalized spacial score (nSPS) is 9.95. The van der Waals surface area contributed by atoms with Gasteiger partial charge >= 0.3 is 5.97 Å². The topological polar surface area (TPSA) is 48.4 Å². The van der Waals surface area contributed by atoms with Crippen molar-refractivity contribution in [2.75, 3.05) is 13.7 Å². The summed E-state index contributed by atoms with van der Waals surface area (Å²) in [6.45, 7) is 0.498. The molecular weight excluding hydrogens is 242 g/mol. The average Bonchev–Trinajstić information content (AvgIpc) is 2.48. The zero-order chi connectivity index (χ0) is 13.5. The summed E-state index contributed by atoms with van der Waals surface area (Å²) in [6.07, 6.45) is 3.82. The van der Waals surface area contributed by atoms with Gasteiger partial charge in [-0.1, -0.05) is 30.3 Å². The molecular formula is C15H15NO3. The number of carbonyl (C=O) groups excluding carboxylic acids is 1. The number of nitrogens with zero attached hydrogens (tertiary/aromatic N) is 1. The van der Waals surface area contributed by atoms with Crippen molar-refractivity contribution < 1.29 is 14.3 Å². The van der Waals surface area contributed by atoms with Crippen molar-refractivity contribution in [1.29, 1.82) is 0 Å². The molecule has 0 amide bonds.